The quantitative estimate of drug-likeness (QED) is 0.0256. The van der Waals surface area contributed by atoms with Crippen LogP contribution < -0.4 is 0 Å². The Morgan fingerprint density at radius 2 is 0.494 bits per heavy atom. The standard InChI is InChI=1S/C75H99O3P/c1-19-22-25-28-31-64(16)73(67-40-34-52(4)46-58(67)10,68-41-35-53(5)47-59(68)11)76-79(77-74(65(17)32-29-26-23-20-2,69-42-36-54(6)48-60(69)12)70-43-37-55(7)49-61(70)13)78-75(66(18)33-30-27-24-21-3,71-44-38-56(8)50-62(71)14)72-45-39-57(9)51-63(72)15/h34-51H,16-33H2,1-15H3. The second kappa shape index (κ2) is 28.5. The van der Waals surface area contributed by atoms with Crippen molar-refractivity contribution in [2.24, 2.45) is 0 Å². The molecule has 422 valence electrons. The van der Waals surface area contributed by atoms with E-state index in [1.54, 1.807) is 0 Å². The van der Waals surface area contributed by atoms with E-state index in [-0.39, 0.29) is 0 Å². The predicted octanol–water partition coefficient (Wildman–Crippen LogP) is 22.4. The van der Waals surface area contributed by atoms with E-state index in [1.165, 1.54) is 33.4 Å². The molecule has 0 aromatic heterocycles. The lowest BCUT2D eigenvalue weighted by Gasteiger charge is -2.48. The zero-order valence-electron chi connectivity index (χ0n) is 51.8. The number of hydrogen-bond acceptors (Lipinski definition) is 3. The molecule has 6 rings (SSSR count). The fourth-order valence-electron chi connectivity index (χ4n) is 12.5. The van der Waals surface area contributed by atoms with Crippen molar-refractivity contribution < 1.29 is 13.6 Å². The molecule has 6 aromatic rings. The predicted molar refractivity (Wildman–Crippen MR) is 342 cm³/mol. The van der Waals surface area contributed by atoms with Gasteiger partial charge < -0.3 is 0 Å². The number of unbranched alkanes of at least 4 members (excludes halogenated alkanes) is 9. The highest BCUT2D eigenvalue weighted by atomic mass is 31.2. The lowest BCUT2D eigenvalue weighted by Crippen LogP contribution is -2.40. The van der Waals surface area contributed by atoms with E-state index in [1.807, 2.05) is 0 Å². The number of hydrogen-bond donors (Lipinski definition) is 0. The van der Waals surface area contributed by atoms with Crippen molar-refractivity contribution in [3.8, 4) is 0 Å². The molecule has 4 heteroatoms. The Hall–Kier alpha value is -5.15. The topological polar surface area (TPSA) is 27.7 Å². The van der Waals surface area contributed by atoms with Crippen molar-refractivity contribution in [3.63, 3.8) is 0 Å². The van der Waals surface area contributed by atoms with Crippen LogP contribution in [-0.4, -0.2) is 0 Å². The Morgan fingerprint density at radius 1 is 0.304 bits per heavy atom. The van der Waals surface area contributed by atoms with Gasteiger partial charge in [-0.1, -0.05) is 241 Å². The van der Waals surface area contributed by atoms with Gasteiger partial charge in [0.05, 0.1) is 0 Å². The van der Waals surface area contributed by atoms with Gasteiger partial charge in [0.25, 0.3) is 0 Å². The summed E-state index contributed by atoms with van der Waals surface area (Å²) in [4.78, 5) is 0. The van der Waals surface area contributed by atoms with Crippen molar-refractivity contribution >= 4 is 8.60 Å². The van der Waals surface area contributed by atoms with E-state index in [9.17, 15) is 0 Å². The van der Waals surface area contributed by atoms with Crippen LogP contribution in [0, 0.1) is 83.1 Å². The summed E-state index contributed by atoms with van der Waals surface area (Å²) >= 11 is 0. The normalized spacial score (nSPS) is 12.2. The molecule has 0 amide bonds. The van der Waals surface area contributed by atoms with Gasteiger partial charge >= 0.3 is 8.60 Å². The first-order valence-corrected chi connectivity index (χ1v) is 31.2. The van der Waals surface area contributed by atoms with Crippen LogP contribution in [-0.2, 0) is 30.4 Å². The number of aryl methyl sites for hydroxylation is 12. The largest absolute Gasteiger partial charge is 0.337 e. The summed E-state index contributed by atoms with van der Waals surface area (Å²) in [5.74, 6) is 0. The van der Waals surface area contributed by atoms with Crippen LogP contribution >= 0.6 is 8.60 Å². The minimum atomic E-state index is -2.53. The molecule has 0 aliphatic carbocycles. The minimum Gasteiger partial charge on any atom is -0.291 e. The lowest BCUT2D eigenvalue weighted by molar-refractivity contribution is 0.0117. The summed E-state index contributed by atoms with van der Waals surface area (Å²) in [5.41, 5.74) is 19.3. The highest BCUT2D eigenvalue weighted by molar-refractivity contribution is 7.41. The molecule has 0 saturated heterocycles. The van der Waals surface area contributed by atoms with E-state index >= 15 is 0 Å². The van der Waals surface area contributed by atoms with Gasteiger partial charge in [-0.25, -0.2) is 0 Å². The van der Waals surface area contributed by atoms with Gasteiger partial charge in [-0.15, -0.1) is 0 Å². The molecule has 79 heavy (non-hydrogen) atoms. The van der Waals surface area contributed by atoms with Crippen LogP contribution in [0.5, 0.6) is 0 Å². The van der Waals surface area contributed by atoms with Crippen molar-refractivity contribution in [2.45, 2.75) is 217 Å². The second-order valence-corrected chi connectivity index (χ2v) is 24.7. The van der Waals surface area contributed by atoms with E-state index in [4.69, 9.17) is 33.3 Å². The summed E-state index contributed by atoms with van der Waals surface area (Å²) < 4.78 is 25.9. The number of benzene rings is 6. The van der Waals surface area contributed by atoms with Crippen molar-refractivity contribution in [1.29, 1.82) is 0 Å². The molecule has 0 atom stereocenters. The molecule has 0 aliphatic heterocycles. The van der Waals surface area contributed by atoms with Crippen LogP contribution in [0.25, 0.3) is 0 Å². The molecule has 0 unspecified atom stereocenters. The fourth-order valence-corrected chi connectivity index (χ4v) is 14.3. The van der Waals surface area contributed by atoms with Crippen LogP contribution in [0.4, 0.5) is 0 Å². The first-order valence-electron chi connectivity index (χ1n) is 30.1. The average molecular weight is 1080 g/mol. The molecule has 6 aromatic carbocycles. The Morgan fingerprint density at radius 3 is 0.658 bits per heavy atom. The van der Waals surface area contributed by atoms with Crippen molar-refractivity contribution in [3.05, 3.63) is 246 Å². The Bertz CT molecular complexity index is 2580. The van der Waals surface area contributed by atoms with Gasteiger partial charge in [0.1, 0.15) is 16.8 Å². The van der Waals surface area contributed by atoms with E-state index in [0.717, 1.165) is 180 Å². The minimum absolute atomic E-state index is 0.747. The molecule has 0 N–H and O–H groups in total. The third-order valence-corrected chi connectivity index (χ3v) is 18.0. The van der Waals surface area contributed by atoms with Crippen molar-refractivity contribution in [2.75, 3.05) is 0 Å². The first kappa shape index (κ1) is 63.0. The third-order valence-electron chi connectivity index (χ3n) is 16.7. The molecular weight excluding hydrogens is 980 g/mol. The van der Waals surface area contributed by atoms with E-state index in [0.29, 0.717) is 0 Å². The smallest absolute Gasteiger partial charge is 0.291 e. The highest BCUT2D eigenvalue weighted by Gasteiger charge is 2.53. The van der Waals surface area contributed by atoms with Gasteiger partial charge in [-0.3, -0.25) is 13.6 Å². The zero-order chi connectivity index (χ0) is 57.7. The van der Waals surface area contributed by atoms with Gasteiger partial charge in [0, 0.05) is 0 Å². The molecular formula is C75H99O3P. The number of rotatable bonds is 30. The molecule has 0 heterocycles. The zero-order valence-corrected chi connectivity index (χ0v) is 52.7. The highest BCUT2D eigenvalue weighted by Crippen LogP contribution is 2.65. The van der Waals surface area contributed by atoms with Gasteiger partial charge in [-0.05, 0) is 205 Å². The molecule has 0 radical (unpaired) electrons. The lowest BCUT2D eigenvalue weighted by atomic mass is 9.75. The molecule has 0 aliphatic rings. The third kappa shape index (κ3) is 14.3. The second-order valence-electron chi connectivity index (χ2n) is 23.7. The maximum Gasteiger partial charge on any atom is 0.337 e. The molecule has 0 bridgehead atoms. The van der Waals surface area contributed by atoms with Gasteiger partial charge in [0.2, 0.25) is 0 Å². The SMILES string of the molecule is C=C(CCCCCC)C(OP(OC(C(=C)CCCCCC)(c1ccc(C)cc1C)c1ccc(C)cc1C)OC(C(=C)CCCCCC)(c1ccc(C)cc1C)c1ccc(C)cc1C)(c1ccc(C)cc1C)c1ccc(C)cc1C. The monoisotopic (exact) mass is 1080 g/mol. The molecule has 0 fully saturated rings. The van der Waals surface area contributed by atoms with Crippen molar-refractivity contribution in [1.82, 2.24) is 0 Å². The van der Waals surface area contributed by atoms with Gasteiger partial charge in [0.15, 0.2) is 0 Å². The first-order chi connectivity index (χ1) is 37.7. The van der Waals surface area contributed by atoms with Crippen LogP contribution in [0.1, 0.15) is 217 Å². The summed E-state index contributed by atoms with van der Waals surface area (Å²) in [6.45, 7) is 48.9. The Balaban J connectivity index is 1.88. The maximum atomic E-state index is 8.65. The molecule has 3 nitrogen and oxygen atoms in total. The van der Waals surface area contributed by atoms with Gasteiger partial charge in [-0.2, -0.15) is 0 Å². The van der Waals surface area contributed by atoms with E-state index < -0.39 is 25.4 Å². The maximum absolute atomic E-state index is 8.65. The van der Waals surface area contributed by atoms with Crippen LogP contribution in [0.3, 0.4) is 0 Å². The van der Waals surface area contributed by atoms with Crippen LogP contribution in [0.2, 0.25) is 0 Å². The summed E-state index contributed by atoms with van der Waals surface area (Å²) in [6, 6.07) is 40.9. The summed E-state index contributed by atoms with van der Waals surface area (Å²) in [6.07, 6.45) is 15.3. The summed E-state index contributed by atoms with van der Waals surface area (Å²) in [5, 5.41) is 0. The van der Waals surface area contributed by atoms with E-state index in [2.05, 4.69) is 213 Å². The summed E-state index contributed by atoms with van der Waals surface area (Å²) in [7, 11) is -2.53. The Labute approximate surface area is 482 Å². The van der Waals surface area contributed by atoms with Crippen LogP contribution in [0.15, 0.2) is 146 Å². The average Bonchev–Trinajstić information content (AvgIpc) is 3.41. The molecule has 0 spiro atoms. The molecule has 0 saturated carbocycles. The Kier molecular flexibility index (Phi) is 22.8. The fraction of sp³-hybridized carbons (Fsp3) is 0.440.